The van der Waals surface area contributed by atoms with E-state index in [0.717, 1.165) is 11.8 Å². The topological polar surface area (TPSA) is 41.8 Å². The Hall–Kier alpha value is -1.58. The average Bonchev–Trinajstić information content (AvgIpc) is 3.07. The molecular weight excluding hydrogens is 257 g/mol. The van der Waals surface area contributed by atoms with E-state index in [0.29, 0.717) is 29.5 Å². The molecule has 3 nitrogen and oxygen atoms in total. The van der Waals surface area contributed by atoms with Crippen LogP contribution in [-0.4, -0.2) is 17.5 Å². The maximum absolute atomic E-state index is 13.4. The van der Waals surface area contributed by atoms with E-state index in [-0.39, 0.29) is 5.82 Å². The first kappa shape index (κ1) is 13.4. The molecule has 0 heterocycles. The third-order valence-corrected chi connectivity index (χ3v) is 4.82. The third kappa shape index (κ3) is 2.51. The van der Waals surface area contributed by atoms with Gasteiger partial charge in [-0.15, -0.1) is 0 Å². The van der Waals surface area contributed by atoms with Crippen LogP contribution in [0.4, 0.5) is 4.39 Å². The molecule has 0 amide bonds. The molecule has 0 aromatic heterocycles. The normalized spacial score (nSPS) is 28.9. The fraction of sp³-hybridized carbons (Fsp3) is 0.562. The quantitative estimate of drug-likeness (QED) is 0.516. The van der Waals surface area contributed by atoms with E-state index in [9.17, 15) is 4.39 Å². The van der Waals surface area contributed by atoms with Gasteiger partial charge >= 0.3 is 0 Å². The minimum atomic E-state index is -0.331. The van der Waals surface area contributed by atoms with Gasteiger partial charge in [0.25, 0.3) is 0 Å². The highest BCUT2D eigenvalue weighted by Gasteiger charge is 2.39. The van der Waals surface area contributed by atoms with Crippen LogP contribution in [0.2, 0.25) is 0 Å². The summed E-state index contributed by atoms with van der Waals surface area (Å²) in [6, 6.07) is 4.33. The second kappa shape index (κ2) is 5.43. The Morgan fingerprint density at radius 3 is 2.90 bits per heavy atom. The Morgan fingerprint density at radius 1 is 1.40 bits per heavy atom. The van der Waals surface area contributed by atoms with E-state index >= 15 is 0 Å². The van der Waals surface area contributed by atoms with E-state index in [2.05, 4.69) is 5.16 Å². The smallest absolute Gasteiger partial charge is 0.131 e. The molecular formula is C16H20FNO2. The number of benzene rings is 1. The van der Waals surface area contributed by atoms with Gasteiger partial charge in [-0.2, -0.15) is 0 Å². The van der Waals surface area contributed by atoms with Crippen molar-refractivity contribution >= 4 is 5.71 Å². The number of nitrogens with zero attached hydrogens (tertiary/aromatic N) is 1. The predicted octanol–water partition coefficient (Wildman–Crippen LogP) is 3.84. The van der Waals surface area contributed by atoms with Crippen LogP contribution in [0.3, 0.4) is 0 Å². The van der Waals surface area contributed by atoms with Crippen molar-refractivity contribution in [1.82, 2.24) is 0 Å². The summed E-state index contributed by atoms with van der Waals surface area (Å²) in [4.78, 5) is 0. The van der Waals surface area contributed by atoms with Gasteiger partial charge in [-0.05, 0) is 56.1 Å². The lowest BCUT2D eigenvalue weighted by Gasteiger charge is -2.22. The lowest BCUT2D eigenvalue weighted by molar-refractivity contribution is 0.194. The van der Waals surface area contributed by atoms with Gasteiger partial charge in [0, 0.05) is 11.6 Å². The molecule has 2 fully saturated rings. The van der Waals surface area contributed by atoms with Gasteiger partial charge in [0.05, 0.1) is 12.3 Å². The van der Waals surface area contributed by atoms with E-state index in [1.807, 2.05) is 0 Å². The summed E-state index contributed by atoms with van der Waals surface area (Å²) >= 11 is 0. The Labute approximate surface area is 118 Å². The summed E-state index contributed by atoms with van der Waals surface area (Å²) in [6.45, 7) is 2.31. The highest BCUT2D eigenvalue weighted by molar-refractivity contribution is 6.00. The standard InChI is InChI=1S/C16H20FNO2/c1-10(18-19)15-5-4-14(17)8-16(15)20-9-13-7-11-2-3-12(13)6-11/h4-5,8,11-13,19H,2-3,6-7,9H2,1H3. The Kier molecular flexibility index (Phi) is 3.64. The lowest BCUT2D eigenvalue weighted by atomic mass is 9.89. The zero-order chi connectivity index (χ0) is 14.1. The van der Waals surface area contributed by atoms with Crippen LogP contribution < -0.4 is 4.74 Å². The van der Waals surface area contributed by atoms with Gasteiger partial charge in [-0.25, -0.2) is 4.39 Å². The van der Waals surface area contributed by atoms with E-state index in [1.54, 1.807) is 13.0 Å². The maximum atomic E-state index is 13.4. The van der Waals surface area contributed by atoms with Crippen molar-refractivity contribution in [3.8, 4) is 5.75 Å². The fourth-order valence-corrected chi connectivity index (χ4v) is 3.75. The molecule has 2 saturated carbocycles. The maximum Gasteiger partial charge on any atom is 0.131 e. The monoisotopic (exact) mass is 277 g/mol. The van der Waals surface area contributed by atoms with Crippen LogP contribution >= 0.6 is 0 Å². The number of ether oxygens (including phenoxy) is 1. The minimum absolute atomic E-state index is 0.331. The van der Waals surface area contributed by atoms with Gasteiger partial charge in [0.1, 0.15) is 11.6 Å². The molecule has 108 valence electrons. The number of rotatable bonds is 4. The fourth-order valence-electron chi connectivity index (χ4n) is 3.75. The van der Waals surface area contributed by atoms with Crippen molar-refractivity contribution < 1.29 is 14.3 Å². The van der Waals surface area contributed by atoms with Gasteiger partial charge in [0.2, 0.25) is 0 Å². The van der Waals surface area contributed by atoms with Crippen molar-refractivity contribution in [3.63, 3.8) is 0 Å². The zero-order valence-corrected chi connectivity index (χ0v) is 11.7. The molecule has 2 bridgehead atoms. The van der Waals surface area contributed by atoms with Gasteiger partial charge in [-0.1, -0.05) is 11.6 Å². The lowest BCUT2D eigenvalue weighted by Crippen LogP contribution is -2.19. The van der Waals surface area contributed by atoms with Crippen LogP contribution in [0.1, 0.15) is 38.2 Å². The molecule has 1 aromatic carbocycles. The first-order valence-electron chi connectivity index (χ1n) is 7.28. The molecule has 3 atom stereocenters. The van der Waals surface area contributed by atoms with Crippen molar-refractivity contribution in [2.75, 3.05) is 6.61 Å². The number of halogens is 1. The first-order valence-corrected chi connectivity index (χ1v) is 7.28. The highest BCUT2D eigenvalue weighted by atomic mass is 19.1. The third-order valence-electron chi connectivity index (χ3n) is 4.82. The molecule has 0 spiro atoms. The average molecular weight is 277 g/mol. The molecule has 0 aliphatic heterocycles. The summed E-state index contributed by atoms with van der Waals surface area (Å²) in [7, 11) is 0. The second-order valence-electron chi connectivity index (χ2n) is 6.07. The molecule has 2 aliphatic rings. The summed E-state index contributed by atoms with van der Waals surface area (Å²) in [6.07, 6.45) is 5.25. The summed E-state index contributed by atoms with van der Waals surface area (Å²) in [5.74, 6) is 2.40. The molecule has 1 N–H and O–H groups in total. The van der Waals surface area contributed by atoms with Gasteiger partial charge < -0.3 is 9.94 Å². The molecule has 20 heavy (non-hydrogen) atoms. The molecule has 0 saturated heterocycles. The minimum Gasteiger partial charge on any atom is -0.492 e. The van der Waals surface area contributed by atoms with Crippen molar-refractivity contribution in [2.24, 2.45) is 22.9 Å². The van der Waals surface area contributed by atoms with Crippen LogP contribution in [-0.2, 0) is 0 Å². The second-order valence-corrected chi connectivity index (χ2v) is 6.07. The van der Waals surface area contributed by atoms with Crippen molar-refractivity contribution in [1.29, 1.82) is 0 Å². The van der Waals surface area contributed by atoms with Crippen LogP contribution in [0.5, 0.6) is 5.75 Å². The SMILES string of the molecule is CC(=NO)c1ccc(F)cc1OCC1CC2CCC1C2. The molecule has 2 aliphatic carbocycles. The van der Waals surface area contributed by atoms with Crippen LogP contribution in [0.15, 0.2) is 23.4 Å². The summed E-state index contributed by atoms with van der Waals surface area (Å²) in [5.41, 5.74) is 1.09. The number of hydrogen-bond acceptors (Lipinski definition) is 3. The van der Waals surface area contributed by atoms with Crippen LogP contribution in [0, 0.1) is 23.6 Å². The number of hydrogen-bond donors (Lipinski definition) is 1. The van der Waals surface area contributed by atoms with E-state index < -0.39 is 0 Å². The van der Waals surface area contributed by atoms with E-state index in [1.165, 1.54) is 37.8 Å². The largest absolute Gasteiger partial charge is 0.492 e. The van der Waals surface area contributed by atoms with Gasteiger partial charge in [0.15, 0.2) is 0 Å². The van der Waals surface area contributed by atoms with Crippen LogP contribution in [0.25, 0.3) is 0 Å². The summed E-state index contributed by atoms with van der Waals surface area (Å²) < 4.78 is 19.2. The molecule has 3 unspecified atom stereocenters. The number of fused-ring (bicyclic) bond motifs is 2. The zero-order valence-electron chi connectivity index (χ0n) is 11.7. The molecule has 4 heteroatoms. The Balaban J connectivity index is 1.72. The summed E-state index contributed by atoms with van der Waals surface area (Å²) in [5, 5.41) is 12.1. The Bertz CT molecular complexity index is 529. The Morgan fingerprint density at radius 2 is 2.25 bits per heavy atom. The predicted molar refractivity (Wildman–Crippen MR) is 74.8 cm³/mol. The van der Waals surface area contributed by atoms with Crippen molar-refractivity contribution in [2.45, 2.75) is 32.6 Å². The van der Waals surface area contributed by atoms with Gasteiger partial charge in [-0.3, -0.25) is 0 Å². The number of oxime groups is 1. The molecule has 3 rings (SSSR count). The molecule has 1 aromatic rings. The first-order chi connectivity index (χ1) is 9.67. The molecule has 0 radical (unpaired) electrons. The van der Waals surface area contributed by atoms with E-state index in [4.69, 9.17) is 9.94 Å². The van der Waals surface area contributed by atoms with Crippen molar-refractivity contribution in [3.05, 3.63) is 29.6 Å². The highest BCUT2D eigenvalue weighted by Crippen LogP contribution is 2.48.